The number of hydrogen-bond donors (Lipinski definition) is 0. The van der Waals surface area contributed by atoms with Gasteiger partial charge in [-0.15, -0.1) is 0 Å². The molecular weight excluding hydrogens is 166 g/mol. The summed E-state index contributed by atoms with van der Waals surface area (Å²) in [4.78, 5) is 13.4. The second kappa shape index (κ2) is 3.56. The van der Waals surface area contributed by atoms with Crippen LogP contribution in [0.1, 0.15) is 39.0 Å². The van der Waals surface area contributed by atoms with E-state index in [1.54, 1.807) is 0 Å². The highest BCUT2D eigenvalue weighted by Gasteiger charge is 2.41. The maximum absolute atomic E-state index is 11.4. The van der Waals surface area contributed by atoms with E-state index >= 15 is 0 Å². The van der Waals surface area contributed by atoms with Gasteiger partial charge in [-0.25, -0.2) is 4.79 Å². The van der Waals surface area contributed by atoms with Crippen LogP contribution in [0.15, 0.2) is 0 Å². The smallest absolute Gasteiger partial charge is 0.410 e. The molecule has 2 atom stereocenters. The SMILES string of the molecule is CCCN1C(=O)OC2CCCCC21. The highest BCUT2D eigenvalue weighted by atomic mass is 16.6. The van der Waals surface area contributed by atoms with Crippen molar-refractivity contribution < 1.29 is 9.53 Å². The van der Waals surface area contributed by atoms with Crippen molar-refractivity contribution in [3.63, 3.8) is 0 Å². The van der Waals surface area contributed by atoms with Crippen LogP contribution < -0.4 is 0 Å². The van der Waals surface area contributed by atoms with E-state index in [0.717, 1.165) is 25.8 Å². The molecule has 0 bridgehead atoms. The van der Waals surface area contributed by atoms with Crippen LogP contribution >= 0.6 is 0 Å². The van der Waals surface area contributed by atoms with Crippen LogP contribution in [-0.2, 0) is 4.74 Å². The van der Waals surface area contributed by atoms with Crippen LogP contribution in [0.4, 0.5) is 4.79 Å². The van der Waals surface area contributed by atoms with Gasteiger partial charge in [0.05, 0.1) is 6.04 Å². The number of amides is 1. The van der Waals surface area contributed by atoms with Crippen LogP contribution in [0, 0.1) is 0 Å². The second-order valence-corrected chi connectivity index (χ2v) is 3.97. The maximum atomic E-state index is 11.4. The predicted molar refractivity (Wildman–Crippen MR) is 49.5 cm³/mol. The average molecular weight is 183 g/mol. The van der Waals surface area contributed by atoms with Crippen molar-refractivity contribution in [1.29, 1.82) is 0 Å². The molecule has 3 nitrogen and oxygen atoms in total. The summed E-state index contributed by atoms with van der Waals surface area (Å²) in [7, 11) is 0. The lowest BCUT2D eigenvalue weighted by Crippen LogP contribution is -2.38. The van der Waals surface area contributed by atoms with Crippen LogP contribution in [0.3, 0.4) is 0 Å². The summed E-state index contributed by atoms with van der Waals surface area (Å²) in [6.45, 7) is 2.96. The minimum atomic E-state index is -0.0845. The highest BCUT2D eigenvalue weighted by Crippen LogP contribution is 2.31. The molecule has 2 fully saturated rings. The fourth-order valence-corrected chi connectivity index (χ4v) is 2.40. The van der Waals surface area contributed by atoms with Gasteiger partial charge < -0.3 is 9.64 Å². The molecule has 0 N–H and O–H groups in total. The fraction of sp³-hybridized carbons (Fsp3) is 0.900. The second-order valence-electron chi connectivity index (χ2n) is 3.97. The van der Waals surface area contributed by atoms with Gasteiger partial charge in [0.25, 0.3) is 0 Å². The molecule has 3 heteroatoms. The zero-order chi connectivity index (χ0) is 9.26. The normalized spacial score (nSPS) is 33.0. The Morgan fingerprint density at radius 2 is 2.23 bits per heavy atom. The van der Waals surface area contributed by atoms with Crippen molar-refractivity contribution in [2.24, 2.45) is 0 Å². The summed E-state index contributed by atoms with van der Waals surface area (Å²) < 4.78 is 5.32. The van der Waals surface area contributed by atoms with E-state index in [9.17, 15) is 4.79 Å². The van der Waals surface area contributed by atoms with E-state index < -0.39 is 0 Å². The minimum Gasteiger partial charge on any atom is -0.444 e. The Hall–Kier alpha value is -0.730. The molecule has 74 valence electrons. The third-order valence-electron chi connectivity index (χ3n) is 3.02. The van der Waals surface area contributed by atoms with Crippen molar-refractivity contribution >= 4 is 6.09 Å². The lowest BCUT2D eigenvalue weighted by atomic mass is 9.92. The van der Waals surface area contributed by atoms with E-state index in [-0.39, 0.29) is 12.2 Å². The van der Waals surface area contributed by atoms with Gasteiger partial charge in [0.2, 0.25) is 0 Å². The highest BCUT2D eigenvalue weighted by molar-refractivity contribution is 5.70. The Balaban J connectivity index is 2.04. The van der Waals surface area contributed by atoms with Crippen molar-refractivity contribution in [3.05, 3.63) is 0 Å². The van der Waals surface area contributed by atoms with E-state index in [2.05, 4.69) is 6.92 Å². The number of nitrogens with zero attached hydrogens (tertiary/aromatic N) is 1. The van der Waals surface area contributed by atoms with Crippen molar-refractivity contribution in [2.75, 3.05) is 6.54 Å². The first-order valence-corrected chi connectivity index (χ1v) is 5.30. The molecule has 1 heterocycles. The first-order valence-electron chi connectivity index (χ1n) is 5.30. The van der Waals surface area contributed by atoms with E-state index in [0.29, 0.717) is 6.04 Å². The van der Waals surface area contributed by atoms with Gasteiger partial charge in [-0.3, -0.25) is 0 Å². The summed E-state index contributed by atoms with van der Waals surface area (Å²) >= 11 is 0. The predicted octanol–water partition coefficient (Wildman–Crippen LogP) is 2.16. The molecule has 0 spiro atoms. The van der Waals surface area contributed by atoms with Gasteiger partial charge in [0.15, 0.2) is 0 Å². The molecule has 13 heavy (non-hydrogen) atoms. The summed E-state index contributed by atoms with van der Waals surface area (Å²) in [6.07, 6.45) is 5.81. The number of fused-ring (bicyclic) bond motifs is 1. The molecule has 2 unspecified atom stereocenters. The third-order valence-corrected chi connectivity index (χ3v) is 3.02. The summed E-state index contributed by atoms with van der Waals surface area (Å²) in [5, 5.41) is 0. The zero-order valence-electron chi connectivity index (χ0n) is 8.16. The molecule has 0 aromatic carbocycles. The van der Waals surface area contributed by atoms with Gasteiger partial charge in [-0.05, 0) is 25.7 Å². The average Bonchev–Trinajstić information content (AvgIpc) is 2.44. The van der Waals surface area contributed by atoms with Gasteiger partial charge >= 0.3 is 6.09 Å². The lowest BCUT2D eigenvalue weighted by molar-refractivity contribution is 0.113. The maximum Gasteiger partial charge on any atom is 0.410 e. The number of ether oxygens (including phenoxy) is 1. The van der Waals surface area contributed by atoms with Gasteiger partial charge in [0.1, 0.15) is 6.10 Å². The van der Waals surface area contributed by atoms with Gasteiger partial charge in [-0.1, -0.05) is 13.3 Å². The number of carbonyl (C=O) groups excluding carboxylic acids is 1. The fourth-order valence-electron chi connectivity index (χ4n) is 2.40. The molecule has 1 saturated carbocycles. The van der Waals surface area contributed by atoms with Crippen LogP contribution in [0.5, 0.6) is 0 Å². The summed E-state index contributed by atoms with van der Waals surface area (Å²) in [6, 6.07) is 0.390. The Kier molecular flexibility index (Phi) is 2.42. The van der Waals surface area contributed by atoms with E-state index in [1.165, 1.54) is 12.8 Å². The Morgan fingerprint density at radius 1 is 1.46 bits per heavy atom. The van der Waals surface area contributed by atoms with Crippen LogP contribution in [0.2, 0.25) is 0 Å². The largest absolute Gasteiger partial charge is 0.444 e. The Morgan fingerprint density at radius 3 is 3.00 bits per heavy atom. The van der Waals surface area contributed by atoms with Crippen molar-refractivity contribution in [3.8, 4) is 0 Å². The van der Waals surface area contributed by atoms with Crippen LogP contribution in [-0.4, -0.2) is 29.7 Å². The first kappa shape index (κ1) is 8.85. The number of hydrogen-bond acceptors (Lipinski definition) is 2. The molecule has 0 aromatic heterocycles. The molecule has 2 rings (SSSR count). The zero-order valence-corrected chi connectivity index (χ0v) is 8.16. The Labute approximate surface area is 79.0 Å². The van der Waals surface area contributed by atoms with Gasteiger partial charge in [0, 0.05) is 6.54 Å². The molecule has 1 aliphatic carbocycles. The quantitative estimate of drug-likeness (QED) is 0.656. The molecule has 1 aliphatic heterocycles. The van der Waals surface area contributed by atoms with Gasteiger partial charge in [-0.2, -0.15) is 0 Å². The number of rotatable bonds is 2. The lowest BCUT2D eigenvalue weighted by Gasteiger charge is -2.27. The monoisotopic (exact) mass is 183 g/mol. The summed E-state index contributed by atoms with van der Waals surface area (Å²) in [5.41, 5.74) is 0. The van der Waals surface area contributed by atoms with E-state index in [1.807, 2.05) is 4.90 Å². The first-order chi connectivity index (χ1) is 6.33. The Bertz CT molecular complexity index is 205. The van der Waals surface area contributed by atoms with Crippen molar-refractivity contribution in [1.82, 2.24) is 4.90 Å². The standard InChI is InChI=1S/C10H17NO2/c1-2-7-11-8-5-3-4-6-9(8)13-10(11)12/h8-9H,2-7H2,1H3. The topological polar surface area (TPSA) is 29.5 Å². The third kappa shape index (κ3) is 1.52. The molecule has 1 saturated heterocycles. The molecular formula is C10H17NO2. The molecule has 0 aromatic rings. The van der Waals surface area contributed by atoms with Crippen LogP contribution in [0.25, 0.3) is 0 Å². The van der Waals surface area contributed by atoms with E-state index in [4.69, 9.17) is 4.74 Å². The molecule has 0 radical (unpaired) electrons. The molecule has 2 aliphatic rings. The number of carbonyl (C=O) groups is 1. The summed E-state index contributed by atoms with van der Waals surface area (Å²) in [5.74, 6) is 0. The molecule has 1 amide bonds. The van der Waals surface area contributed by atoms with Crippen molar-refractivity contribution in [2.45, 2.75) is 51.2 Å². The minimum absolute atomic E-state index is 0.0845.